The molecular weight excluding hydrogens is 348 g/mol. The van der Waals surface area contributed by atoms with Gasteiger partial charge in [-0.2, -0.15) is 0 Å². The average molecular weight is 378 g/mol. The van der Waals surface area contributed by atoms with Crippen molar-refractivity contribution in [3.63, 3.8) is 0 Å². The first-order chi connectivity index (χ1) is 12.4. The Morgan fingerprint density at radius 2 is 2.04 bits per heavy atom. The van der Waals surface area contributed by atoms with Gasteiger partial charge in [0.15, 0.2) is 11.6 Å². The van der Waals surface area contributed by atoms with E-state index in [1.54, 1.807) is 6.08 Å². The van der Waals surface area contributed by atoms with Crippen LogP contribution in [0.25, 0.3) is 0 Å². The highest BCUT2D eigenvalue weighted by Crippen LogP contribution is 2.66. The number of aliphatic hydroxyl groups excluding tert-OH is 2. The molecule has 3 saturated carbocycles. The molecule has 0 aromatic heterocycles. The Balaban J connectivity index is 0.00000210. The molecule has 0 heterocycles. The van der Waals surface area contributed by atoms with Crippen LogP contribution < -0.4 is 0 Å². The van der Waals surface area contributed by atoms with Gasteiger partial charge in [0.2, 0.25) is 0 Å². The molecule has 0 amide bonds. The molecular formula is C21H30O6. The fourth-order valence-electron chi connectivity index (χ4n) is 7.18. The minimum atomic E-state index is -0.831. The highest BCUT2D eigenvalue weighted by molar-refractivity contribution is 5.91. The van der Waals surface area contributed by atoms with Crippen LogP contribution in [0.1, 0.15) is 51.9 Å². The van der Waals surface area contributed by atoms with Crippen LogP contribution in [0.15, 0.2) is 11.6 Å². The molecule has 4 aliphatic rings. The zero-order chi connectivity index (χ0) is 18.7. The van der Waals surface area contributed by atoms with Crippen molar-refractivity contribution in [2.45, 2.75) is 58.0 Å². The molecule has 4 rings (SSSR count). The molecule has 0 unspecified atom stereocenters. The maximum atomic E-state index is 12.3. The number of carbonyl (C=O) groups excluding carboxylic acids is 3. The van der Waals surface area contributed by atoms with Gasteiger partial charge in [0, 0.05) is 17.8 Å². The third-order valence-electron chi connectivity index (χ3n) is 8.27. The van der Waals surface area contributed by atoms with Gasteiger partial charge in [0.05, 0.1) is 6.10 Å². The summed E-state index contributed by atoms with van der Waals surface area (Å²) < 4.78 is 0. The van der Waals surface area contributed by atoms with Crippen LogP contribution in [0.2, 0.25) is 0 Å². The van der Waals surface area contributed by atoms with Gasteiger partial charge in [-0.05, 0) is 67.8 Å². The summed E-state index contributed by atoms with van der Waals surface area (Å²) in [4.78, 5) is 36.4. The SMILES string of the molecule is C[C@]12CCC(=O)C=C1CC[C@@H]1[C@@H]2[C@@H](O)C[C@]2(C=O)[C@@H](C(=O)CO)CC[C@@H]12.O. The monoisotopic (exact) mass is 378 g/mol. The zero-order valence-corrected chi connectivity index (χ0v) is 15.8. The van der Waals surface area contributed by atoms with Crippen LogP contribution in [0, 0.1) is 34.5 Å². The van der Waals surface area contributed by atoms with E-state index in [1.165, 1.54) is 0 Å². The maximum Gasteiger partial charge on any atom is 0.162 e. The second-order valence-electron chi connectivity index (χ2n) is 9.14. The Bertz CT molecular complexity index is 684. The minimum Gasteiger partial charge on any atom is -0.412 e. The summed E-state index contributed by atoms with van der Waals surface area (Å²) >= 11 is 0. The Hall–Kier alpha value is -1.37. The zero-order valence-electron chi connectivity index (χ0n) is 15.8. The van der Waals surface area contributed by atoms with Crippen LogP contribution >= 0.6 is 0 Å². The largest absolute Gasteiger partial charge is 0.412 e. The van der Waals surface area contributed by atoms with E-state index in [4.69, 9.17) is 0 Å². The predicted molar refractivity (Wildman–Crippen MR) is 97.7 cm³/mol. The number of Topliss-reactive ketones (excluding diaryl/α,β-unsaturated/α-hetero) is 1. The average Bonchev–Trinajstić information content (AvgIpc) is 3.00. The third-order valence-corrected chi connectivity index (χ3v) is 8.27. The highest BCUT2D eigenvalue weighted by atomic mass is 16.3. The minimum absolute atomic E-state index is 0. The number of aliphatic hydroxyl groups is 2. The van der Waals surface area contributed by atoms with E-state index in [1.807, 2.05) is 0 Å². The predicted octanol–water partition coefficient (Wildman–Crippen LogP) is 1.02. The lowest BCUT2D eigenvalue weighted by Crippen LogP contribution is -2.58. The summed E-state index contributed by atoms with van der Waals surface area (Å²) in [5, 5.41) is 20.5. The quantitative estimate of drug-likeness (QED) is 0.710. The van der Waals surface area contributed by atoms with Crippen LogP contribution in [-0.4, -0.2) is 46.3 Å². The Labute approximate surface area is 159 Å². The van der Waals surface area contributed by atoms with E-state index in [0.29, 0.717) is 19.3 Å². The fraction of sp³-hybridized carbons (Fsp3) is 0.762. The lowest BCUT2D eigenvalue weighted by Gasteiger charge is -2.59. The van der Waals surface area contributed by atoms with E-state index >= 15 is 0 Å². The second-order valence-corrected chi connectivity index (χ2v) is 9.14. The van der Waals surface area contributed by atoms with Crippen molar-refractivity contribution in [2.24, 2.45) is 34.5 Å². The van der Waals surface area contributed by atoms with Crippen LogP contribution in [0.3, 0.4) is 0 Å². The normalized spacial score (nSPS) is 45.7. The van der Waals surface area contributed by atoms with Crippen molar-refractivity contribution in [2.75, 3.05) is 6.61 Å². The molecule has 150 valence electrons. The van der Waals surface area contributed by atoms with Crippen LogP contribution in [0.4, 0.5) is 0 Å². The summed E-state index contributed by atoms with van der Waals surface area (Å²) in [6.07, 6.45) is 6.75. The van der Waals surface area contributed by atoms with E-state index < -0.39 is 24.0 Å². The van der Waals surface area contributed by atoms with Crippen LogP contribution in [-0.2, 0) is 14.4 Å². The molecule has 4 aliphatic carbocycles. The highest BCUT2D eigenvalue weighted by Gasteiger charge is 2.64. The molecule has 0 aromatic rings. The molecule has 4 N–H and O–H groups in total. The lowest BCUT2D eigenvalue weighted by molar-refractivity contribution is -0.157. The lowest BCUT2D eigenvalue weighted by atomic mass is 9.45. The van der Waals surface area contributed by atoms with Gasteiger partial charge in [0.1, 0.15) is 12.9 Å². The first-order valence-electron chi connectivity index (χ1n) is 9.89. The molecule has 0 saturated heterocycles. The Kier molecular flexibility index (Phi) is 5.21. The summed E-state index contributed by atoms with van der Waals surface area (Å²) in [6, 6.07) is 0. The van der Waals surface area contributed by atoms with Gasteiger partial charge < -0.3 is 20.5 Å². The van der Waals surface area contributed by atoms with Gasteiger partial charge in [-0.15, -0.1) is 0 Å². The number of aldehydes is 1. The van der Waals surface area contributed by atoms with Gasteiger partial charge in [-0.3, -0.25) is 9.59 Å². The Morgan fingerprint density at radius 1 is 1.30 bits per heavy atom. The van der Waals surface area contributed by atoms with E-state index in [0.717, 1.165) is 37.5 Å². The molecule has 7 atom stereocenters. The molecule has 3 fully saturated rings. The van der Waals surface area contributed by atoms with Gasteiger partial charge in [-0.1, -0.05) is 12.5 Å². The van der Waals surface area contributed by atoms with Crippen molar-refractivity contribution in [1.82, 2.24) is 0 Å². The van der Waals surface area contributed by atoms with Crippen molar-refractivity contribution < 1.29 is 30.1 Å². The first-order valence-corrected chi connectivity index (χ1v) is 9.89. The number of allylic oxidation sites excluding steroid dienone is 1. The number of fused-ring (bicyclic) bond motifs is 5. The number of hydrogen-bond donors (Lipinski definition) is 2. The standard InChI is InChI=1S/C21H28O5.H2O/c1-20-7-6-13(24)8-12(20)2-3-14-15-4-5-16(18(26)10-22)21(15,11-23)9-17(25)19(14)20;/h8,11,14-17,19,22,25H,2-7,9-10H2,1H3;1H2/t14-,15-,16+,17-,19+,20-,21+;/m0./s1. The number of carbonyl (C=O) groups is 3. The van der Waals surface area contributed by atoms with E-state index in [2.05, 4.69) is 6.92 Å². The molecule has 0 bridgehead atoms. The number of hydrogen-bond acceptors (Lipinski definition) is 5. The van der Waals surface area contributed by atoms with Gasteiger partial charge in [-0.25, -0.2) is 0 Å². The van der Waals surface area contributed by atoms with Crippen molar-refractivity contribution >= 4 is 17.9 Å². The maximum absolute atomic E-state index is 12.3. The smallest absolute Gasteiger partial charge is 0.162 e. The summed E-state index contributed by atoms with van der Waals surface area (Å²) in [5.74, 6) is -0.241. The molecule has 0 aliphatic heterocycles. The van der Waals surface area contributed by atoms with Gasteiger partial charge >= 0.3 is 0 Å². The number of rotatable bonds is 3. The van der Waals surface area contributed by atoms with E-state index in [-0.39, 0.29) is 40.2 Å². The third kappa shape index (κ3) is 2.68. The molecule has 6 heteroatoms. The summed E-state index contributed by atoms with van der Waals surface area (Å²) in [5.41, 5.74) is 0.140. The first kappa shape index (κ1) is 20.4. The van der Waals surface area contributed by atoms with Gasteiger partial charge in [0.25, 0.3) is 0 Å². The molecule has 6 nitrogen and oxygen atoms in total. The van der Waals surface area contributed by atoms with Crippen molar-refractivity contribution in [1.29, 1.82) is 0 Å². The van der Waals surface area contributed by atoms with E-state index in [9.17, 15) is 24.6 Å². The second kappa shape index (κ2) is 6.90. The number of ketones is 2. The summed E-state index contributed by atoms with van der Waals surface area (Å²) in [6.45, 7) is 1.63. The molecule has 0 aromatic carbocycles. The molecule has 0 spiro atoms. The van der Waals surface area contributed by atoms with Crippen LogP contribution in [0.5, 0.6) is 0 Å². The topological polar surface area (TPSA) is 123 Å². The summed E-state index contributed by atoms with van der Waals surface area (Å²) in [7, 11) is 0. The van der Waals surface area contributed by atoms with Crippen molar-refractivity contribution in [3.05, 3.63) is 11.6 Å². The Morgan fingerprint density at radius 3 is 2.70 bits per heavy atom. The molecule has 0 radical (unpaired) electrons. The molecule has 27 heavy (non-hydrogen) atoms. The van der Waals surface area contributed by atoms with Crippen molar-refractivity contribution in [3.8, 4) is 0 Å². The fourth-order valence-corrected chi connectivity index (χ4v) is 7.18.